The molecule has 0 fully saturated rings. The van der Waals surface area contributed by atoms with Crippen LogP contribution in [0.3, 0.4) is 0 Å². The Bertz CT molecular complexity index is 1180. The van der Waals surface area contributed by atoms with E-state index in [9.17, 15) is 14.4 Å². The van der Waals surface area contributed by atoms with Gasteiger partial charge in [-0.15, -0.1) is 0 Å². The van der Waals surface area contributed by atoms with E-state index in [0.29, 0.717) is 35.1 Å². The third-order valence-corrected chi connectivity index (χ3v) is 4.80. The highest BCUT2D eigenvalue weighted by Gasteiger charge is 2.14. The third-order valence-electron chi connectivity index (χ3n) is 4.80. The quantitative estimate of drug-likeness (QED) is 0.322. The number of furan rings is 1. The summed E-state index contributed by atoms with van der Waals surface area (Å²) in [5.74, 6) is -0.942. The van der Waals surface area contributed by atoms with Crippen molar-refractivity contribution in [3.05, 3.63) is 82.8 Å². The first kappa shape index (κ1) is 23.5. The molecule has 3 aromatic rings. The number of benzene rings is 2. The lowest BCUT2D eigenvalue weighted by Crippen LogP contribution is -2.34. The zero-order valence-corrected chi connectivity index (χ0v) is 18.7. The molecule has 1 heterocycles. The number of ether oxygens (including phenoxy) is 1. The fourth-order valence-corrected chi connectivity index (χ4v) is 2.85. The predicted molar refractivity (Wildman–Crippen MR) is 125 cm³/mol. The lowest BCUT2D eigenvalue weighted by molar-refractivity contribution is -0.136. The maximum Gasteiger partial charge on any atom is 0.338 e. The molecule has 8 nitrogen and oxygen atoms in total. The van der Waals surface area contributed by atoms with E-state index in [2.05, 4.69) is 15.6 Å². The van der Waals surface area contributed by atoms with Crippen molar-refractivity contribution in [1.29, 1.82) is 0 Å². The maximum atomic E-state index is 12.1. The fraction of sp³-hybridized carbons (Fsp3) is 0.200. The van der Waals surface area contributed by atoms with Crippen LogP contribution in [0, 0.1) is 13.8 Å². The van der Waals surface area contributed by atoms with E-state index < -0.39 is 11.8 Å². The Labute approximate surface area is 191 Å². The number of nitrogens with one attached hydrogen (secondary N) is 2. The lowest BCUT2D eigenvalue weighted by Gasteiger charge is -2.07. The van der Waals surface area contributed by atoms with Gasteiger partial charge in [0.15, 0.2) is 0 Å². The molecule has 2 aromatic carbocycles. The van der Waals surface area contributed by atoms with E-state index in [1.807, 2.05) is 26.0 Å². The molecule has 0 saturated heterocycles. The van der Waals surface area contributed by atoms with Gasteiger partial charge in [0.1, 0.15) is 11.5 Å². The number of carbonyl (C=O) groups excluding carboxylic acids is 3. The van der Waals surface area contributed by atoms with Crippen molar-refractivity contribution >= 4 is 35.4 Å². The molecule has 0 spiro atoms. The van der Waals surface area contributed by atoms with Gasteiger partial charge in [-0.25, -0.2) is 4.79 Å². The second-order valence-electron chi connectivity index (χ2n) is 7.27. The molecule has 0 aliphatic rings. The third kappa shape index (κ3) is 6.64. The minimum Gasteiger partial charge on any atom is -0.462 e. The highest BCUT2D eigenvalue weighted by atomic mass is 16.5. The van der Waals surface area contributed by atoms with E-state index in [0.717, 1.165) is 11.1 Å². The molecule has 2 N–H and O–H groups in total. The van der Waals surface area contributed by atoms with Gasteiger partial charge in [0.05, 0.1) is 30.6 Å². The average Bonchev–Trinajstić information content (AvgIpc) is 3.27. The van der Waals surface area contributed by atoms with Crippen molar-refractivity contribution in [2.24, 2.45) is 4.99 Å². The Kier molecular flexibility index (Phi) is 7.75. The molecule has 1 aromatic heterocycles. The van der Waals surface area contributed by atoms with Gasteiger partial charge < -0.3 is 19.8 Å². The summed E-state index contributed by atoms with van der Waals surface area (Å²) in [4.78, 5) is 40.1. The Morgan fingerprint density at radius 2 is 1.73 bits per heavy atom. The zero-order chi connectivity index (χ0) is 23.8. The minimum atomic E-state index is -0.762. The first-order chi connectivity index (χ1) is 15.9. The van der Waals surface area contributed by atoms with Crippen molar-refractivity contribution in [2.75, 3.05) is 11.9 Å². The number of nitrogens with zero attached hydrogens (tertiary/aromatic N) is 1. The Morgan fingerprint density at radius 3 is 2.42 bits per heavy atom. The molecule has 3 rings (SSSR count). The molecule has 0 aliphatic carbocycles. The number of aryl methyl sites for hydroxylation is 2. The van der Waals surface area contributed by atoms with Gasteiger partial charge in [-0.3, -0.25) is 14.6 Å². The average molecular weight is 447 g/mol. The van der Waals surface area contributed by atoms with E-state index >= 15 is 0 Å². The molecular formula is C25H25N3O5. The zero-order valence-electron chi connectivity index (χ0n) is 18.7. The second-order valence-corrected chi connectivity index (χ2v) is 7.27. The van der Waals surface area contributed by atoms with Crippen LogP contribution in [0.1, 0.15) is 39.9 Å². The normalized spacial score (nSPS) is 10.8. The van der Waals surface area contributed by atoms with Crippen molar-refractivity contribution < 1.29 is 23.5 Å². The summed E-state index contributed by atoms with van der Waals surface area (Å²) < 4.78 is 10.6. The number of hydrogen-bond acceptors (Lipinski definition) is 6. The van der Waals surface area contributed by atoms with Crippen molar-refractivity contribution in [1.82, 2.24) is 5.32 Å². The highest BCUT2D eigenvalue weighted by Crippen LogP contribution is 2.15. The van der Waals surface area contributed by atoms with Crippen LogP contribution >= 0.6 is 0 Å². The largest absolute Gasteiger partial charge is 0.462 e. The van der Waals surface area contributed by atoms with Crippen LogP contribution in [-0.2, 0) is 20.9 Å². The smallest absolute Gasteiger partial charge is 0.338 e. The van der Waals surface area contributed by atoms with E-state index in [-0.39, 0.29) is 12.5 Å². The molecule has 0 aliphatic heterocycles. The molecule has 0 unspecified atom stereocenters. The number of amides is 2. The van der Waals surface area contributed by atoms with E-state index in [1.54, 1.807) is 49.4 Å². The Balaban J connectivity index is 1.50. The minimum absolute atomic E-state index is 0.0568. The SMILES string of the molecule is CCOC(=O)c1ccc(N=Cc2ccc(CNC(=O)C(=O)Nc3ccc(C)c(C)c3)o2)cc1. The molecule has 8 heteroatoms. The number of anilines is 1. The summed E-state index contributed by atoms with van der Waals surface area (Å²) >= 11 is 0. The molecule has 0 saturated carbocycles. The van der Waals surface area contributed by atoms with Crippen LogP contribution in [0.5, 0.6) is 0 Å². The molecule has 2 amide bonds. The highest BCUT2D eigenvalue weighted by molar-refractivity contribution is 6.39. The molecule has 0 radical (unpaired) electrons. The standard InChI is InChI=1S/C25H25N3O5/c1-4-32-25(31)18-6-9-19(10-7-18)26-14-21-11-12-22(33-21)15-27-23(29)24(30)28-20-8-5-16(2)17(3)13-20/h5-14H,4,15H2,1-3H3,(H,27,29)(H,28,30). The summed E-state index contributed by atoms with van der Waals surface area (Å²) in [5, 5.41) is 5.10. The van der Waals surface area contributed by atoms with Gasteiger partial charge in [-0.1, -0.05) is 6.07 Å². The molecular weight excluding hydrogens is 422 g/mol. The van der Waals surface area contributed by atoms with E-state index in [1.165, 1.54) is 6.21 Å². The van der Waals surface area contributed by atoms with Gasteiger partial charge in [0.25, 0.3) is 0 Å². The number of carbonyl (C=O) groups is 3. The van der Waals surface area contributed by atoms with Gasteiger partial charge in [0, 0.05) is 5.69 Å². The first-order valence-electron chi connectivity index (χ1n) is 10.4. The number of hydrogen-bond donors (Lipinski definition) is 2. The summed E-state index contributed by atoms with van der Waals surface area (Å²) in [7, 11) is 0. The van der Waals surface area contributed by atoms with Gasteiger partial charge in [-0.2, -0.15) is 0 Å². The van der Waals surface area contributed by atoms with Crippen LogP contribution in [0.15, 0.2) is 64.0 Å². The van der Waals surface area contributed by atoms with Gasteiger partial charge in [-0.05, 0) is 80.4 Å². The summed E-state index contributed by atoms with van der Waals surface area (Å²) in [6, 6.07) is 15.5. The van der Waals surface area contributed by atoms with Crippen LogP contribution in [0.4, 0.5) is 11.4 Å². The lowest BCUT2D eigenvalue weighted by atomic mass is 10.1. The molecule has 33 heavy (non-hydrogen) atoms. The van der Waals surface area contributed by atoms with Crippen LogP contribution in [0.25, 0.3) is 0 Å². The van der Waals surface area contributed by atoms with Crippen molar-refractivity contribution in [3.63, 3.8) is 0 Å². The van der Waals surface area contributed by atoms with Crippen LogP contribution in [0.2, 0.25) is 0 Å². The predicted octanol–water partition coefficient (Wildman–Crippen LogP) is 4.08. The fourth-order valence-electron chi connectivity index (χ4n) is 2.85. The topological polar surface area (TPSA) is 110 Å². The van der Waals surface area contributed by atoms with Crippen molar-refractivity contribution in [2.45, 2.75) is 27.3 Å². The Morgan fingerprint density at radius 1 is 0.970 bits per heavy atom. The number of rotatable bonds is 7. The number of esters is 1. The maximum absolute atomic E-state index is 12.1. The molecule has 0 bridgehead atoms. The molecule has 170 valence electrons. The summed E-state index contributed by atoms with van der Waals surface area (Å²) in [6.07, 6.45) is 1.52. The van der Waals surface area contributed by atoms with Crippen molar-refractivity contribution in [3.8, 4) is 0 Å². The first-order valence-corrected chi connectivity index (χ1v) is 10.4. The summed E-state index contributed by atoms with van der Waals surface area (Å²) in [6.45, 7) is 6.03. The number of aliphatic imine (C=N–C) groups is 1. The van der Waals surface area contributed by atoms with Gasteiger partial charge in [0.2, 0.25) is 0 Å². The Hall–Kier alpha value is -4.20. The van der Waals surface area contributed by atoms with Crippen LogP contribution < -0.4 is 10.6 Å². The van der Waals surface area contributed by atoms with E-state index in [4.69, 9.17) is 9.15 Å². The van der Waals surface area contributed by atoms with Crippen LogP contribution in [-0.4, -0.2) is 30.6 Å². The second kappa shape index (κ2) is 10.9. The molecule has 0 atom stereocenters. The summed E-state index contributed by atoms with van der Waals surface area (Å²) in [5.41, 5.74) is 3.77. The van der Waals surface area contributed by atoms with Gasteiger partial charge >= 0.3 is 17.8 Å². The monoisotopic (exact) mass is 447 g/mol.